The maximum atomic E-state index is 11.1. The van der Waals surface area contributed by atoms with Gasteiger partial charge in [-0.1, -0.05) is 20.3 Å². The van der Waals surface area contributed by atoms with Gasteiger partial charge < -0.3 is 9.84 Å². The number of carboxylic acids is 1. The van der Waals surface area contributed by atoms with Gasteiger partial charge in [-0.05, 0) is 31.1 Å². The molecule has 1 aliphatic heterocycles. The molecule has 15 heavy (non-hydrogen) atoms. The third kappa shape index (κ3) is 2.17. The van der Waals surface area contributed by atoms with E-state index < -0.39 is 5.97 Å². The summed E-state index contributed by atoms with van der Waals surface area (Å²) in [6.45, 7) is 4.30. The zero-order valence-corrected chi connectivity index (χ0v) is 9.48. The van der Waals surface area contributed by atoms with Gasteiger partial charge in [0.05, 0.1) is 18.1 Å². The van der Waals surface area contributed by atoms with Gasteiger partial charge in [-0.25, -0.2) is 0 Å². The molecule has 0 bridgehead atoms. The smallest absolute Gasteiger partial charge is 0.309 e. The van der Waals surface area contributed by atoms with E-state index in [4.69, 9.17) is 9.84 Å². The highest BCUT2D eigenvalue weighted by Gasteiger charge is 2.48. The van der Waals surface area contributed by atoms with Crippen LogP contribution in [0, 0.1) is 17.8 Å². The first kappa shape index (κ1) is 10.9. The monoisotopic (exact) mass is 212 g/mol. The molecule has 0 spiro atoms. The summed E-state index contributed by atoms with van der Waals surface area (Å²) in [4.78, 5) is 11.1. The van der Waals surface area contributed by atoms with E-state index in [9.17, 15) is 4.79 Å². The average Bonchev–Trinajstić information content (AvgIpc) is 2.76. The Bertz CT molecular complexity index is 251. The molecular weight excluding hydrogens is 192 g/mol. The van der Waals surface area contributed by atoms with Crippen LogP contribution in [-0.2, 0) is 9.53 Å². The molecule has 5 atom stereocenters. The highest BCUT2D eigenvalue weighted by molar-refractivity contribution is 5.71. The van der Waals surface area contributed by atoms with Crippen molar-refractivity contribution in [3.8, 4) is 0 Å². The molecule has 5 unspecified atom stereocenters. The van der Waals surface area contributed by atoms with E-state index in [1.165, 1.54) is 6.42 Å². The number of rotatable bonds is 4. The van der Waals surface area contributed by atoms with Crippen molar-refractivity contribution < 1.29 is 14.6 Å². The van der Waals surface area contributed by atoms with Crippen molar-refractivity contribution in [3.05, 3.63) is 0 Å². The summed E-state index contributed by atoms with van der Waals surface area (Å²) in [5.41, 5.74) is 0. The molecule has 1 heterocycles. The molecule has 2 aliphatic rings. The summed E-state index contributed by atoms with van der Waals surface area (Å²) in [5.74, 6) is 0.436. The Morgan fingerprint density at radius 2 is 2.13 bits per heavy atom. The van der Waals surface area contributed by atoms with Crippen LogP contribution in [0.15, 0.2) is 0 Å². The lowest BCUT2D eigenvalue weighted by Crippen LogP contribution is -2.23. The third-order valence-electron chi connectivity index (χ3n) is 3.82. The van der Waals surface area contributed by atoms with Crippen LogP contribution < -0.4 is 0 Å². The van der Waals surface area contributed by atoms with E-state index in [1.807, 2.05) is 0 Å². The van der Waals surface area contributed by atoms with Crippen molar-refractivity contribution in [1.82, 2.24) is 0 Å². The Kier molecular flexibility index (Phi) is 3.01. The summed E-state index contributed by atoms with van der Waals surface area (Å²) >= 11 is 0. The van der Waals surface area contributed by atoms with Gasteiger partial charge in [0.2, 0.25) is 0 Å². The zero-order chi connectivity index (χ0) is 11.0. The van der Waals surface area contributed by atoms with E-state index in [2.05, 4.69) is 13.8 Å². The fourth-order valence-electron chi connectivity index (χ4n) is 2.74. The average molecular weight is 212 g/mol. The summed E-state index contributed by atoms with van der Waals surface area (Å²) in [5, 5.41) is 9.12. The molecule has 2 rings (SSSR count). The summed E-state index contributed by atoms with van der Waals surface area (Å²) in [6, 6.07) is 0. The minimum atomic E-state index is -0.677. The van der Waals surface area contributed by atoms with E-state index >= 15 is 0 Å². The van der Waals surface area contributed by atoms with Crippen LogP contribution in [0.3, 0.4) is 0 Å². The van der Waals surface area contributed by atoms with Gasteiger partial charge in [0.1, 0.15) is 0 Å². The third-order valence-corrected chi connectivity index (χ3v) is 3.82. The van der Waals surface area contributed by atoms with Crippen LogP contribution in [0.4, 0.5) is 0 Å². The molecule has 1 N–H and O–H groups in total. The van der Waals surface area contributed by atoms with E-state index in [1.54, 1.807) is 0 Å². The fourth-order valence-corrected chi connectivity index (χ4v) is 2.74. The van der Waals surface area contributed by atoms with Crippen molar-refractivity contribution in [1.29, 1.82) is 0 Å². The maximum absolute atomic E-state index is 11.1. The van der Waals surface area contributed by atoms with Gasteiger partial charge >= 0.3 is 5.97 Å². The second-order valence-electron chi connectivity index (χ2n) is 5.06. The molecule has 2 fully saturated rings. The van der Waals surface area contributed by atoms with Gasteiger partial charge in [0.15, 0.2) is 0 Å². The van der Waals surface area contributed by atoms with Crippen LogP contribution in [0.2, 0.25) is 0 Å². The standard InChI is InChI=1S/C12H20O3/c1-3-4-10-9(12(13)14)6-11(15-10)8-5-7(8)2/h7-11H,3-6H2,1-2H3,(H,13,14). The van der Waals surface area contributed by atoms with Crippen molar-refractivity contribution in [3.63, 3.8) is 0 Å². The van der Waals surface area contributed by atoms with Crippen molar-refractivity contribution in [2.45, 2.75) is 51.7 Å². The molecule has 86 valence electrons. The first-order valence-electron chi connectivity index (χ1n) is 6.01. The van der Waals surface area contributed by atoms with Gasteiger partial charge in [0.25, 0.3) is 0 Å². The van der Waals surface area contributed by atoms with Crippen molar-refractivity contribution in [2.24, 2.45) is 17.8 Å². The van der Waals surface area contributed by atoms with Crippen LogP contribution in [0.5, 0.6) is 0 Å². The highest BCUT2D eigenvalue weighted by atomic mass is 16.5. The van der Waals surface area contributed by atoms with Crippen molar-refractivity contribution >= 4 is 5.97 Å². The molecule has 1 saturated heterocycles. The number of carboxylic acid groups (broad SMARTS) is 1. The van der Waals surface area contributed by atoms with Crippen LogP contribution >= 0.6 is 0 Å². The molecule has 1 aliphatic carbocycles. The largest absolute Gasteiger partial charge is 0.481 e. The van der Waals surface area contributed by atoms with E-state index in [0.717, 1.165) is 25.2 Å². The Morgan fingerprint density at radius 1 is 1.47 bits per heavy atom. The second-order valence-corrected chi connectivity index (χ2v) is 5.06. The van der Waals surface area contributed by atoms with Gasteiger partial charge in [-0.3, -0.25) is 4.79 Å². The quantitative estimate of drug-likeness (QED) is 0.777. The predicted molar refractivity (Wildman–Crippen MR) is 56.6 cm³/mol. The number of carbonyl (C=O) groups is 1. The fraction of sp³-hybridized carbons (Fsp3) is 0.917. The maximum Gasteiger partial charge on any atom is 0.309 e. The number of ether oxygens (including phenoxy) is 1. The molecule has 0 aromatic carbocycles. The molecule has 1 saturated carbocycles. The zero-order valence-electron chi connectivity index (χ0n) is 9.48. The SMILES string of the molecule is CCCC1OC(C2CC2C)CC1C(=O)O. The Hall–Kier alpha value is -0.570. The van der Waals surface area contributed by atoms with Gasteiger partial charge in [-0.15, -0.1) is 0 Å². The van der Waals surface area contributed by atoms with Crippen LogP contribution in [0.25, 0.3) is 0 Å². The lowest BCUT2D eigenvalue weighted by molar-refractivity contribution is -0.143. The first-order valence-corrected chi connectivity index (χ1v) is 6.01. The predicted octanol–water partition coefficient (Wildman–Crippen LogP) is 2.30. The minimum Gasteiger partial charge on any atom is -0.481 e. The van der Waals surface area contributed by atoms with Gasteiger partial charge in [0, 0.05) is 0 Å². The van der Waals surface area contributed by atoms with Crippen LogP contribution in [-0.4, -0.2) is 23.3 Å². The number of aliphatic carboxylic acids is 1. The lowest BCUT2D eigenvalue weighted by Gasteiger charge is -2.14. The normalized spacial score (nSPS) is 44.3. The second kappa shape index (κ2) is 4.12. The number of hydrogen-bond acceptors (Lipinski definition) is 2. The summed E-state index contributed by atoms with van der Waals surface area (Å²) < 4.78 is 5.89. The van der Waals surface area contributed by atoms with Crippen molar-refractivity contribution in [2.75, 3.05) is 0 Å². The number of hydrogen-bond donors (Lipinski definition) is 1. The van der Waals surface area contributed by atoms with Gasteiger partial charge in [-0.2, -0.15) is 0 Å². The lowest BCUT2D eigenvalue weighted by atomic mass is 9.95. The topological polar surface area (TPSA) is 46.5 Å². The van der Waals surface area contributed by atoms with E-state index in [-0.39, 0.29) is 18.1 Å². The molecule has 3 nitrogen and oxygen atoms in total. The Balaban J connectivity index is 1.95. The Morgan fingerprint density at radius 3 is 2.60 bits per heavy atom. The Labute approximate surface area is 90.8 Å². The highest BCUT2D eigenvalue weighted by Crippen LogP contribution is 2.47. The molecule has 0 aromatic rings. The van der Waals surface area contributed by atoms with E-state index in [0.29, 0.717) is 5.92 Å². The molecular formula is C12H20O3. The molecule has 0 amide bonds. The first-order chi connectivity index (χ1) is 7.13. The summed E-state index contributed by atoms with van der Waals surface area (Å²) in [6.07, 6.45) is 4.02. The van der Waals surface area contributed by atoms with Crippen LogP contribution in [0.1, 0.15) is 39.5 Å². The molecule has 0 aromatic heterocycles. The summed E-state index contributed by atoms with van der Waals surface area (Å²) in [7, 11) is 0. The molecule has 0 radical (unpaired) electrons. The minimum absolute atomic E-state index is 0.0368. The molecule has 3 heteroatoms.